The van der Waals surface area contributed by atoms with Crippen LogP contribution in [0.5, 0.6) is 5.75 Å². The predicted molar refractivity (Wildman–Crippen MR) is 71.3 cm³/mol. The fourth-order valence-corrected chi connectivity index (χ4v) is 2.72. The Kier molecular flexibility index (Phi) is 3.43. The molecular weight excluding hydrogens is 210 g/mol. The number of hydrogen-bond donors (Lipinski definition) is 1. The summed E-state index contributed by atoms with van der Waals surface area (Å²) in [6.07, 6.45) is 2.70. The summed E-state index contributed by atoms with van der Waals surface area (Å²) in [5.41, 5.74) is 9.98. The second-order valence-electron chi connectivity index (χ2n) is 5.41. The number of benzene rings is 1. The third-order valence-electron chi connectivity index (χ3n) is 4.00. The van der Waals surface area contributed by atoms with Crippen molar-refractivity contribution in [2.24, 2.45) is 17.6 Å². The van der Waals surface area contributed by atoms with Gasteiger partial charge in [0.1, 0.15) is 5.75 Å². The fraction of sp³-hybridized carbons (Fsp3) is 0.600. The molecule has 0 bridgehead atoms. The molecule has 2 N–H and O–H groups in total. The van der Waals surface area contributed by atoms with Gasteiger partial charge < -0.3 is 10.5 Å². The van der Waals surface area contributed by atoms with Crippen molar-refractivity contribution < 1.29 is 4.74 Å². The summed E-state index contributed by atoms with van der Waals surface area (Å²) in [5.74, 6) is 2.41. The molecule has 0 saturated heterocycles. The minimum atomic E-state index is 0.158. The maximum atomic E-state index is 6.37. The van der Waals surface area contributed by atoms with Crippen molar-refractivity contribution in [3.63, 3.8) is 0 Å². The molecule has 0 aromatic heterocycles. The minimum Gasteiger partial charge on any atom is -0.496 e. The van der Waals surface area contributed by atoms with Crippen LogP contribution in [0.4, 0.5) is 0 Å². The van der Waals surface area contributed by atoms with Gasteiger partial charge in [0.05, 0.1) is 7.11 Å². The second-order valence-corrected chi connectivity index (χ2v) is 5.41. The van der Waals surface area contributed by atoms with E-state index in [0.29, 0.717) is 5.92 Å². The van der Waals surface area contributed by atoms with E-state index in [0.717, 1.165) is 11.7 Å². The maximum Gasteiger partial charge on any atom is 0.124 e. The van der Waals surface area contributed by atoms with Crippen LogP contribution in [-0.2, 0) is 0 Å². The van der Waals surface area contributed by atoms with E-state index in [1.165, 1.54) is 29.5 Å². The zero-order valence-corrected chi connectivity index (χ0v) is 11.3. The average Bonchev–Trinajstić information content (AvgIpc) is 3.10. The predicted octanol–water partition coefficient (Wildman–Crippen LogP) is 3.36. The van der Waals surface area contributed by atoms with E-state index in [1.54, 1.807) is 7.11 Å². The normalized spacial score (nSPS) is 18.9. The highest BCUT2D eigenvalue weighted by Gasteiger charge is 2.32. The van der Waals surface area contributed by atoms with Crippen LogP contribution in [0.2, 0.25) is 0 Å². The van der Waals surface area contributed by atoms with Gasteiger partial charge in [0, 0.05) is 6.04 Å². The largest absolute Gasteiger partial charge is 0.496 e. The number of aryl methyl sites for hydroxylation is 2. The molecule has 17 heavy (non-hydrogen) atoms. The Balaban J connectivity index is 2.26. The number of methoxy groups -OCH3 is 1. The average molecular weight is 233 g/mol. The van der Waals surface area contributed by atoms with Gasteiger partial charge in [-0.15, -0.1) is 0 Å². The molecule has 2 unspecified atom stereocenters. The lowest BCUT2D eigenvalue weighted by atomic mass is 9.89. The number of ether oxygens (including phenoxy) is 1. The van der Waals surface area contributed by atoms with Gasteiger partial charge >= 0.3 is 0 Å². The number of hydrogen-bond acceptors (Lipinski definition) is 2. The highest BCUT2D eigenvalue weighted by Crippen LogP contribution is 2.42. The molecule has 1 aliphatic rings. The molecule has 0 amide bonds. The SMILES string of the molecule is COc1c(C)cc(C(N)C(C)C2CC2)cc1C. The van der Waals surface area contributed by atoms with Gasteiger partial charge in [0.2, 0.25) is 0 Å². The van der Waals surface area contributed by atoms with Gasteiger partial charge in [-0.2, -0.15) is 0 Å². The molecule has 0 heterocycles. The molecule has 2 heteroatoms. The molecule has 1 aliphatic carbocycles. The molecule has 0 radical (unpaired) electrons. The first-order valence-electron chi connectivity index (χ1n) is 6.45. The highest BCUT2D eigenvalue weighted by atomic mass is 16.5. The smallest absolute Gasteiger partial charge is 0.124 e. The topological polar surface area (TPSA) is 35.2 Å². The van der Waals surface area contributed by atoms with Gasteiger partial charge in [-0.3, -0.25) is 0 Å². The van der Waals surface area contributed by atoms with Crippen LogP contribution in [0, 0.1) is 25.7 Å². The van der Waals surface area contributed by atoms with Crippen molar-refractivity contribution in [3.8, 4) is 5.75 Å². The molecule has 0 spiro atoms. The molecule has 2 nitrogen and oxygen atoms in total. The molecule has 1 aromatic carbocycles. The lowest BCUT2D eigenvalue weighted by molar-refractivity contribution is 0.403. The van der Waals surface area contributed by atoms with Crippen LogP contribution in [0.15, 0.2) is 12.1 Å². The summed E-state index contributed by atoms with van der Waals surface area (Å²) in [6, 6.07) is 4.51. The molecule has 94 valence electrons. The van der Waals surface area contributed by atoms with Crippen LogP contribution in [-0.4, -0.2) is 7.11 Å². The van der Waals surface area contributed by atoms with Crippen LogP contribution < -0.4 is 10.5 Å². The van der Waals surface area contributed by atoms with Crippen molar-refractivity contribution in [2.75, 3.05) is 7.11 Å². The molecule has 2 rings (SSSR count). The Labute approximate surface area is 104 Å². The van der Waals surface area contributed by atoms with Gasteiger partial charge in [0.15, 0.2) is 0 Å². The lowest BCUT2D eigenvalue weighted by Crippen LogP contribution is -2.21. The first-order chi connectivity index (χ1) is 8.04. The van der Waals surface area contributed by atoms with Crippen LogP contribution in [0.1, 0.15) is 42.5 Å². The molecule has 1 fully saturated rings. The van der Waals surface area contributed by atoms with E-state index >= 15 is 0 Å². The fourth-order valence-electron chi connectivity index (χ4n) is 2.72. The van der Waals surface area contributed by atoms with Crippen molar-refractivity contribution >= 4 is 0 Å². The summed E-state index contributed by atoms with van der Waals surface area (Å²) in [4.78, 5) is 0. The summed E-state index contributed by atoms with van der Waals surface area (Å²) in [6.45, 7) is 6.45. The first-order valence-corrected chi connectivity index (χ1v) is 6.45. The molecule has 0 aliphatic heterocycles. The maximum absolute atomic E-state index is 6.37. The van der Waals surface area contributed by atoms with Crippen molar-refractivity contribution in [1.82, 2.24) is 0 Å². The Hall–Kier alpha value is -1.02. The zero-order chi connectivity index (χ0) is 12.6. The van der Waals surface area contributed by atoms with E-state index < -0.39 is 0 Å². The lowest BCUT2D eigenvalue weighted by Gasteiger charge is -2.22. The first kappa shape index (κ1) is 12.4. The third-order valence-corrected chi connectivity index (χ3v) is 4.00. The van der Waals surface area contributed by atoms with E-state index in [2.05, 4.69) is 32.9 Å². The van der Waals surface area contributed by atoms with Gasteiger partial charge in [0.25, 0.3) is 0 Å². The Morgan fingerprint density at radius 3 is 2.18 bits per heavy atom. The molecular formula is C15H23NO. The molecule has 2 atom stereocenters. The summed E-state index contributed by atoms with van der Waals surface area (Å²) in [7, 11) is 1.72. The van der Waals surface area contributed by atoms with Crippen molar-refractivity contribution in [1.29, 1.82) is 0 Å². The van der Waals surface area contributed by atoms with Crippen LogP contribution in [0.3, 0.4) is 0 Å². The quantitative estimate of drug-likeness (QED) is 0.865. The van der Waals surface area contributed by atoms with Crippen LogP contribution >= 0.6 is 0 Å². The summed E-state index contributed by atoms with van der Waals surface area (Å²) >= 11 is 0. The Morgan fingerprint density at radius 2 is 1.76 bits per heavy atom. The van der Waals surface area contributed by atoms with Crippen molar-refractivity contribution in [3.05, 3.63) is 28.8 Å². The second kappa shape index (κ2) is 4.69. The van der Waals surface area contributed by atoms with E-state index in [9.17, 15) is 0 Å². The van der Waals surface area contributed by atoms with Crippen molar-refractivity contribution in [2.45, 2.75) is 39.7 Å². The van der Waals surface area contributed by atoms with Gasteiger partial charge in [-0.1, -0.05) is 19.1 Å². The monoisotopic (exact) mass is 233 g/mol. The van der Waals surface area contributed by atoms with Gasteiger partial charge in [-0.25, -0.2) is 0 Å². The number of nitrogens with two attached hydrogens (primary N) is 1. The Bertz CT molecular complexity index is 386. The minimum absolute atomic E-state index is 0.158. The third kappa shape index (κ3) is 2.47. The standard InChI is InChI=1S/C15H23NO/c1-9-7-13(8-10(2)15(9)17-4)14(16)11(3)12-5-6-12/h7-8,11-12,14H,5-6,16H2,1-4H3. The zero-order valence-electron chi connectivity index (χ0n) is 11.3. The molecule has 1 saturated carbocycles. The Morgan fingerprint density at radius 1 is 1.24 bits per heavy atom. The van der Waals surface area contributed by atoms with E-state index in [-0.39, 0.29) is 6.04 Å². The van der Waals surface area contributed by atoms with E-state index in [4.69, 9.17) is 10.5 Å². The highest BCUT2D eigenvalue weighted by molar-refractivity contribution is 5.44. The summed E-state index contributed by atoms with van der Waals surface area (Å²) < 4.78 is 5.39. The molecule has 1 aromatic rings. The van der Waals surface area contributed by atoms with Gasteiger partial charge in [-0.05, 0) is 55.2 Å². The van der Waals surface area contributed by atoms with Crippen LogP contribution in [0.25, 0.3) is 0 Å². The number of rotatable bonds is 4. The summed E-state index contributed by atoms with van der Waals surface area (Å²) in [5, 5.41) is 0. The van der Waals surface area contributed by atoms with E-state index in [1.807, 2.05) is 0 Å².